The van der Waals surface area contributed by atoms with Gasteiger partial charge >= 0.3 is 0 Å². The molecule has 3 N–H and O–H groups in total. The van der Waals surface area contributed by atoms with Crippen molar-refractivity contribution in [2.24, 2.45) is 0 Å². The predicted molar refractivity (Wildman–Crippen MR) is 82.9 cm³/mol. The van der Waals surface area contributed by atoms with Crippen LogP contribution >= 0.6 is 34.3 Å². The molecule has 2 heterocycles. The van der Waals surface area contributed by atoms with Crippen LogP contribution in [-0.2, 0) is 4.79 Å². The lowest BCUT2D eigenvalue weighted by molar-refractivity contribution is -0.119. The molecule has 2 rings (SSSR count). The Morgan fingerprint density at radius 1 is 1.10 bits per heavy atom. The lowest BCUT2D eigenvalue weighted by atomic mass is 10.3. The van der Waals surface area contributed by atoms with Crippen molar-refractivity contribution in [1.29, 1.82) is 0 Å². The summed E-state index contributed by atoms with van der Waals surface area (Å²) < 4.78 is 0.509. The predicted octanol–water partition coefficient (Wildman–Crippen LogP) is 2.50. The number of hydrogen-bond donors (Lipinski definition) is 3. The van der Waals surface area contributed by atoms with Crippen LogP contribution in [0.15, 0.2) is 23.6 Å². The fourth-order valence-electron chi connectivity index (χ4n) is 1.40. The molecule has 0 unspecified atom stereocenters. The van der Waals surface area contributed by atoms with Gasteiger partial charge in [-0.05, 0) is 23.6 Å². The fourth-order valence-corrected chi connectivity index (χ4v) is 3.12. The highest BCUT2D eigenvalue weighted by atomic mass is 35.5. The Bertz CT molecular complexity index is 695. The second kappa shape index (κ2) is 6.70. The number of thiophene rings is 2. The molecule has 0 saturated heterocycles. The average molecular weight is 344 g/mol. The Kier molecular flexibility index (Phi) is 4.94. The summed E-state index contributed by atoms with van der Waals surface area (Å²) in [5.41, 5.74) is 4.70. The summed E-state index contributed by atoms with van der Waals surface area (Å²) >= 11 is 8.13. The van der Waals surface area contributed by atoms with Gasteiger partial charge in [0.2, 0.25) is 5.91 Å². The Labute approximate surface area is 133 Å². The van der Waals surface area contributed by atoms with Crippen molar-refractivity contribution in [3.63, 3.8) is 0 Å². The van der Waals surface area contributed by atoms with Crippen LogP contribution in [0.1, 0.15) is 27.0 Å². The molecule has 2 aromatic heterocycles. The molecular weight excluding hydrogens is 334 g/mol. The number of halogens is 1. The number of rotatable bonds is 3. The van der Waals surface area contributed by atoms with Crippen LogP contribution in [0.2, 0.25) is 4.34 Å². The number of carbonyl (C=O) groups excluding carboxylic acids is 3. The highest BCUT2D eigenvalue weighted by Crippen LogP contribution is 2.26. The first kappa shape index (κ1) is 15.5. The number of carbonyl (C=O) groups is 3. The lowest BCUT2D eigenvalue weighted by Crippen LogP contribution is -2.40. The summed E-state index contributed by atoms with van der Waals surface area (Å²) in [6.45, 7) is 1.27. The van der Waals surface area contributed by atoms with Crippen LogP contribution < -0.4 is 16.2 Å². The molecule has 110 valence electrons. The van der Waals surface area contributed by atoms with Crippen LogP contribution in [-0.4, -0.2) is 17.7 Å². The van der Waals surface area contributed by atoms with Gasteiger partial charge in [-0.3, -0.25) is 25.2 Å². The van der Waals surface area contributed by atoms with E-state index in [2.05, 4.69) is 16.2 Å². The zero-order valence-corrected chi connectivity index (χ0v) is 13.1. The maximum atomic E-state index is 12.0. The highest BCUT2D eigenvalue weighted by Gasteiger charge is 2.17. The topological polar surface area (TPSA) is 87.3 Å². The van der Waals surface area contributed by atoms with Crippen molar-refractivity contribution in [1.82, 2.24) is 10.9 Å². The maximum absolute atomic E-state index is 12.0. The molecule has 0 aliphatic rings. The Balaban J connectivity index is 2.08. The van der Waals surface area contributed by atoms with Crippen LogP contribution in [0.3, 0.4) is 0 Å². The standard InChI is InChI=1S/C12H10ClN3O3S2/c1-6(17)15-16-10(18)7-4-5-20-12(7)14-11(19)8-2-3-9(13)21-8/h2-5H,1H3,(H,14,19)(H,15,17)(H,16,18). The fraction of sp³-hybridized carbons (Fsp3) is 0.0833. The Morgan fingerprint density at radius 3 is 2.48 bits per heavy atom. The third-order valence-electron chi connectivity index (χ3n) is 2.29. The maximum Gasteiger partial charge on any atom is 0.272 e. The SMILES string of the molecule is CC(=O)NNC(=O)c1ccsc1NC(=O)c1ccc(Cl)s1. The van der Waals surface area contributed by atoms with Crippen molar-refractivity contribution in [2.75, 3.05) is 5.32 Å². The van der Waals surface area contributed by atoms with E-state index in [1.54, 1.807) is 23.6 Å². The molecule has 0 atom stereocenters. The molecule has 0 aliphatic carbocycles. The third-order valence-corrected chi connectivity index (χ3v) is 4.35. The van der Waals surface area contributed by atoms with Crippen molar-refractivity contribution in [3.8, 4) is 0 Å². The van der Waals surface area contributed by atoms with E-state index in [9.17, 15) is 14.4 Å². The van der Waals surface area contributed by atoms with Crippen molar-refractivity contribution < 1.29 is 14.4 Å². The monoisotopic (exact) mass is 343 g/mol. The van der Waals surface area contributed by atoms with E-state index in [0.29, 0.717) is 14.2 Å². The molecular formula is C12H10ClN3O3S2. The van der Waals surface area contributed by atoms with Gasteiger partial charge in [-0.2, -0.15) is 0 Å². The van der Waals surface area contributed by atoms with E-state index >= 15 is 0 Å². The van der Waals surface area contributed by atoms with Crippen molar-refractivity contribution in [3.05, 3.63) is 38.4 Å². The van der Waals surface area contributed by atoms with Gasteiger partial charge in [0.25, 0.3) is 11.8 Å². The number of hydrogen-bond acceptors (Lipinski definition) is 5. The molecule has 21 heavy (non-hydrogen) atoms. The summed E-state index contributed by atoms with van der Waals surface area (Å²) in [6, 6.07) is 4.78. The van der Waals surface area contributed by atoms with Gasteiger partial charge in [-0.15, -0.1) is 22.7 Å². The molecule has 9 heteroatoms. The summed E-state index contributed by atoms with van der Waals surface area (Å²) in [6.07, 6.45) is 0. The molecule has 0 spiro atoms. The lowest BCUT2D eigenvalue weighted by Gasteiger charge is -2.06. The Morgan fingerprint density at radius 2 is 1.86 bits per heavy atom. The molecule has 0 radical (unpaired) electrons. The zero-order valence-electron chi connectivity index (χ0n) is 10.7. The molecule has 0 aliphatic heterocycles. The molecule has 3 amide bonds. The van der Waals surface area contributed by atoms with Crippen LogP contribution in [0, 0.1) is 0 Å². The molecule has 0 fully saturated rings. The van der Waals surface area contributed by atoms with Gasteiger partial charge in [0.05, 0.1) is 14.8 Å². The molecule has 6 nitrogen and oxygen atoms in total. The molecule has 0 bridgehead atoms. The number of anilines is 1. The van der Waals surface area contributed by atoms with Crippen LogP contribution in [0.5, 0.6) is 0 Å². The molecule has 2 aromatic rings. The Hall–Kier alpha value is -1.90. The summed E-state index contributed by atoms with van der Waals surface area (Å²) in [4.78, 5) is 35.1. The minimum Gasteiger partial charge on any atom is -0.312 e. The summed E-state index contributed by atoms with van der Waals surface area (Å²) in [5, 5.41) is 4.71. The second-order valence-electron chi connectivity index (χ2n) is 3.86. The van der Waals surface area contributed by atoms with Gasteiger partial charge in [0, 0.05) is 6.92 Å². The normalized spacial score (nSPS) is 10.0. The average Bonchev–Trinajstić information content (AvgIpc) is 3.05. The van der Waals surface area contributed by atoms with E-state index in [0.717, 1.165) is 11.3 Å². The minimum absolute atomic E-state index is 0.268. The smallest absolute Gasteiger partial charge is 0.272 e. The summed E-state index contributed by atoms with van der Waals surface area (Å²) in [7, 11) is 0. The first-order valence-electron chi connectivity index (χ1n) is 5.68. The zero-order chi connectivity index (χ0) is 15.4. The number of nitrogens with one attached hydrogen (secondary N) is 3. The highest BCUT2D eigenvalue weighted by molar-refractivity contribution is 7.18. The first-order chi connectivity index (χ1) is 9.97. The van der Waals surface area contributed by atoms with Gasteiger partial charge in [0.1, 0.15) is 5.00 Å². The van der Waals surface area contributed by atoms with Crippen LogP contribution in [0.25, 0.3) is 0 Å². The van der Waals surface area contributed by atoms with Gasteiger partial charge in [0.15, 0.2) is 0 Å². The molecule has 0 aromatic carbocycles. The van der Waals surface area contributed by atoms with E-state index in [4.69, 9.17) is 11.6 Å². The van der Waals surface area contributed by atoms with Crippen molar-refractivity contribution in [2.45, 2.75) is 6.92 Å². The molecule has 0 saturated carbocycles. The largest absolute Gasteiger partial charge is 0.312 e. The van der Waals surface area contributed by atoms with Crippen molar-refractivity contribution >= 4 is 57.0 Å². The third kappa shape index (κ3) is 4.03. The summed E-state index contributed by atoms with van der Waals surface area (Å²) in [5.74, 6) is -1.24. The van der Waals surface area contributed by atoms with E-state index in [-0.39, 0.29) is 11.5 Å². The minimum atomic E-state index is -0.508. The van der Waals surface area contributed by atoms with Gasteiger partial charge in [-0.25, -0.2) is 0 Å². The number of amides is 3. The van der Waals surface area contributed by atoms with E-state index in [1.807, 2.05) is 0 Å². The quantitative estimate of drug-likeness (QED) is 0.748. The van der Waals surface area contributed by atoms with Gasteiger partial charge < -0.3 is 5.32 Å². The number of hydrazine groups is 1. The van der Waals surface area contributed by atoms with E-state index in [1.165, 1.54) is 18.3 Å². The van der Waals surface area contributed by atoms with E-state index < -0.39 is 11.8 Å². The first-order valence-corrected chi connectivity index (χ1v) is 7.76. The van der Waals surface area contributed by atoms with Crippen LogP contribution in [0.4, 0.5) is 5.00 Å². The second-order valence-corrected chi connectivity index (χ2v) is 6.49. The van der Waals surface area contributed by atoms with Gasteiger partial charge in [-0.1, -0.05) is 11.6 Å².